The van der Waals surface area contributed by atoms with Crippen molar-refractivity contribution in [1.29, 1.82) is 0 Å². The lowest BCUT2D eigenvalue weighted by molar-refractivity contribution is 0.103. The number of ketones is 1. The van der Waals surface area contributed by atoms with Gasteiger partial charge in [0.1, 0.15) is 17.3 Å². The number of hydrogen-bond acceptors (Lipinski definition) is 3. The Morgan fingerprint density at radius 2 is 1.33 bits per heavy atom. The van der Waals surface area contributed by atoms with E-state index in [1.54, 1.807) is 0 Å². The van der Waals surface area contributed by atoms with Gasteiger partial charge in [0.05, 0.1) is 19.8 Å². The Morgan fingerprint density at radius 3 is 1.86 bits per heavy atom. The van der Waals surface area contributed by atoms with Crippen molar-refractivity contribution in [3.05, 3.63) is 58.9 Å². The molecule has 0 fully saturated rings. The van der Waals surface area contributed by atoms with Gasteiger partial charge >= 0.3 is 0 Å². The fourth-order valence-corrected chi connectivity index (χ4v) is 1.79. The van der Waals surface area contributed by atoms with Crippen molar-refractivity contribution in [1.82, 2.24) is 0 Å². The molecule has 110 valence electrons. The highest BCUT2D eigenvalue weighted by molar-refractivity contribution is 6.09. The van der Waals surface area contributed by atoms with E-state index < -0.39 is 28.8 Å². The molecule has 0 spiro atoms. The first-order valence-corrected chi connectivity index (χ1v) is 5.88. The molecule has 0 atom stereocenters. The van der Waals surface area contributed by atoms with Gasteiger partial charge in [-0.1, -0.05) is 0 Å². The van der Waals surface area contributed by atoms with Gasteiger partial charge in [-0.05, 0) is 18.2 Å². The first kappa shape index (κ1) is 14.9. The zero-order valence-corrected chi connectivity index (χ0v) is 11.2. The van der Waals surface area contributed by atoms with Crippen molar-refractivity contribution in [3.8, 4) is 11.5 Å². The van der Waals surface area contributed by atoms with Crippen LogP contribution in [0.3, 0.4) is 0 Å². The lowest BCUT2D eigenvalue weighted by Crippen LogP contribution is -2.07. The molecule has 0 heterocycles. The van der Waals surface area contributed by atoms with E-state index >= 15 is 0 Å². The van der Waals surface area contributed by atoms with Crippen molar-refractivity contribution in [2.45, 2.75) is 0 Å². The number of methoxy groups -OCH3 is 2. The number of hydrogen-bond donors (Lipinski definition) is 0. The largest absolute Gasteiger partial charge is 0.497 e. The maximum atomic E-state index is 13.6. The first-order valence-electron chi connectivity index (χ1n) is 5.88. The molecule has 6 heteroatoms. The van der Waals surface area contributed by atoms with Gasteiger partial charge < -0.3 is 9.47 Å². The summed E-state index contributed by atoms with van der Waals surface area (Å²) >= 11 is 0. The minimum Gasteiger partial charge on any atom is -0.497 e. The molecule has 0 N–H and O–H groups in total. The molecule has 0 bridgehead atoms. The number of benzene rings is 2. The molecule has 3 nitrogen and oxygen atoms in total. The third-order valence-electron chi connectivity index (χ3n) is 2.87. The molecule has 0 aliphatic heterocycles. The number of rotatable bonds is 4. The molecule has 0 aromatic heterocycles. The highest BCUT2D eigenvalue weighted by atomic mass is 19.2. The van der Waals surface area contributed by atoms with Gasteiger partial charge in [-0.15, -0.1) is 0 Å². The summed E-state index contributed by atoms with van der Waals surface area (Å²) in [5.41, 5.74) is -0.527. The summed E-state index contributed by atoms with van der Waals surface area (Å²) in [7, 11) is 2.78. The van der Waals surface area contributed by atoms with Gasteiger partial charge in [-0.2, -0.15) is 0 Å². The normalized spacial score (nSPS) is 10.3. The van der Waals surface area contributed by atoms with Crippen LogP contribution in [0.15, 0.2) is 30.3 Å². The number of halogens is 3. The summed E-state index contributed by atoms with van der Waals surface area (Å²) in [6.45, 7) is 0. The smallest absolute Gasteiger partial charge is 0.196 e. The Bertz CT molecular complexity index is 677. The van der Waals surface area contributed by atoms with Crippen LogP contribution >= 0.6 is 0 Å². The van der Waals surface area contributed by atoms with E-state index in [1.165, 1.54) is 32.4 Å². The number of carbonyl (C=O) groups excluding carboxylic acids is 1. The predicted octanol–water partition coefficient (Wildman–Crippen LogP) is 3.35. The average molecular weight is 296 g/mol. The molecular weight excluding hydrogens is 285 g/mol. The van der Waals surface area contributed by atoms with E-state index in [0.29, 0.717) is 23.6 Å². The lowest BCUT2D eigenvalue weighted by atomic mass is 10.0. The maximum absolute atomic E-state index is 13.6. The maximum Gasteiger partial charge on any atom is 0.196 e. The van der Waals surface area contributed by atoms with Crippen molar-refractivity contribution >= 4 is 5.78 Å². The predicted molar refractivity (Wildman–Crippen MR) is 69.3 cm³/mol. The van der Waals surface area contributed by atoms with E-state index in [2.05, 4.69) is 0 Å². The first-order chi connectivity index (χ1) is 9.96. The number of ether oxygens (including phenoxy) is 2. The molecule has 0 aliphatic rings. The quantitative estimate of drug-likeness (QED) is 0.641. The van der Waals surface area contributed by atoms with Gasteiger partial charge in [-0.25, -0.2) is 13.2 Å². The highest BCUT2D eigenvalue weighted by Gasteiger charge is 2.19. The van der Waals surface area contributed by atoms with Crippen molar-refractivity contribution in [2.24, 2.45) is 0 Å². The SMILES string of the molecule is COc1cc(OC)cc(C(=O)c2cc(F)c(F)cc2F)c1. The van der Waals surface area contributed by atoms with Gasteiger partial charge in [-0.3, -0.25) is 4.79 Å². The van der Waals surface area contributed by atoms with Gasteiger partial charge in [0, 0.05) is 17.7 Å². The summed E-state index contributed by atoms with van der Waals surface area (Å²) in [5, 5.41) is 0. The van der Waals surface area contributed by atoms with Crippen LogP contribution in [0.2, 0.25) is 0 Å². The summed E-state index contributed by atoms with van der Waals surface area (Å²) in [6.07, 6.45) is 0. The van der Waals surface area contributed by atoms with Crippen molar-refractivity contribution in [2.75, 3.05) is 14.2 Å². The van der Waals surface area contributed by atoms with E-state index in [1.807, 2.05) is 0 Å². The molecule has 2 aromatic rings. The molecular formula is C15H11F3O3. The Hall–Kier alpha value is -2.50. The molecule has 0 amide bonds. The van der Waals surface area contributed by atoms with Gasteiger partial charge in [0.25, 0.3) is 0 Å². The summed E-state index contributed by atoms with van der Waals surface area (Å²) < 4.78 is 49.7. The van der Waals surface area contributed by atoms with Crippen LogP contribution < -0.4 is 9.47 Å². The van der Waals surface area contributed by atoms with Crippen LogP contribution in [0.4, 0.5) is 13.2 Å². The Kier molecular flexibility index (Phi) is 4.16. The van der Waals surface area contributed by atoms with Crippen molar-refractivity contribution in [3.63, 3.8) is 0 Å². The molecule has 21 heavy (non-hydrogen) atoms. The monoisotopic (exact) mass is 296 g/mol. The lowest BCUT2D eigenvalue weighted by Gasteiger charge is -2.08. The standard InChI is InChI=1S/C15H11F3O3/c1-20-9-3-8(4-10(5-9)21-2)15(19)11-6-13(17)14(18)7-12(11)16/h3-7H,1-2H3. The third-order valence-corrected chi connectivity index (χ3v) is 2.87. The third kappa shape index (κ3) is 2.99. The van der Waals surface area contributed by atoms with Gasteiger partial charge in [0.15, 0.2) is 17.4 Å². The fourth-order valence-electron chi connectivity index (χ4n) is 1.79. The zero-order chi connectivity index (χ0) is 15.6. The topological polar surface area (TPSA) is 35.5 Å². The second-order valence-corrected chi connectivity index (χ2v) is 4.18. The van der Waals surface area contributed by atoms with Crippen LogP contribution in [0.1, 0.15) is 15.9 Å². The van der Waals surface area contributed by atoms with Gasteiger partial charge in [0.2, 0.25) is 0 Å². The van der Waals surface area contributed by atoms with Crippen LogP contribution in [0.25, 0.3) is 0 Å². The van der Waals surface area contributed by atoms with Crippen LogP contribution in [0.5, 0.6) is 11.5 Å². The van der Waals surface area contributed by atoms with Crippen LogP contribution in [-0.2, 0) is 0 Å². The Balaban J connectivity index is 2.52. The molecule has 2 rings (SSSR count). The zero-order valence-electron chi connectivity index (χ0n) is 11.2. The molecule has 0 aliphatic carbocycles. The van der Waals surface area contributed by atoms with E-state index in [0.717, 1.165) is 0 Å². The molecule has 0 unspecified atom stereocenters. The molecule has 0 saturated heterocycles. The van der Waals surface area contributed by atoms with Crippen molar-refractivity contribution < 1.29 is 27.4 Å². The minimum atomic E-state index is -1.35. The minimum absolute atomic E-state index is 0.0381. The fraction of sp³-hybridized carbons (Fsp3) is 0.133. The molecule has 0 radical (unpaired) electrons. The Morgan fingerprint density at radius 1 is 0.810 bits per heavy atom. The summed E-state index contributed by atoms with van der Waals surface area (Å²) in [6, 6.07) is 5.09. The average Bonchev–Trinajstić information content (AvgIpc) is 2.49. The summed E-state index contributed by atoms with van der Waals surface area (Å²) in [5.74, 6) is -3.95. The Labute approximate surface area is 118 Å². The van der Waals surface area contributed by atoms with E-state index in [4.69, 9.17) is 9.47 Å². The highest BCUT2D eigenvalue weighted by Crippen LogP contribution is 2.25. The number of carbonyl (C=O) groups is 1. The van der Waals surface area contributed by atoms with E-state index in [9.17, 15) is 18.0 Å². The molecule has 0 saturated carbocycles. The second kappa shape index (κ2) is 5.87. The summed E-state index contributed by atoms with van der Waals surface area (Å²) in [4.78, 5) is 12.2. The molecule has 2 aromatic carbocycles. The second-order valence-electron chi connectivity index (χ2n) is 4.18. The van der Waals surface area contributed by atoms with E-state index in [-0.39, 0.29) is 5.56 Å². The van der Waals surface area contributed by atoms with Crippen LogP contribution in [0, 0.1) is 17.5 Å². The van der Waals surface area contributed by atoms with Crippen LogP contribution in [-0.4, -0.2) is 20.0 Å².